The van der Waals surface area contributed by atoms with Crippen LogP contribution in [0.25, 0.3) is 0 Å². The third-order valence-electron chi connectivity index (χ3n) is 3.41. The zero-order valence-electron chi connectivity index (χ0n) is 12.6. The molecule has 4 heteroatoms. The van der Waals surface area contributed by atoms with E-state index < -0.39 is 0 Å². The number of rotatable bonds is 7. The highest BCUT2D eigenvalue weighted by Crippen LogP contribution is 2.19. The Morgan fingerprint density at radius 2 is 1.82 bits per heavy atom. The van der Waals surface area contributed by atoms with E-state index in [9.17, 15) is 4.79 Å². The molecule has 0 saturated heterocycles. The molecule has 0 fully saturated rings. The fourth-order valence-corrected chi connectivity index (χ4v) is 2.38. The number of benzene rings is 2. The zero-order valence-corrected chi connectivity index (χ0v) is 13.3. The molecule has 0 saturated carbocycles. The summed E-state index contributed by atoms with van der Waals surface area (Å²) in [6, 6.07) is 17.0. The molecule has 0 aliphatic heterocycles. The highest BCUT2D eigenvalue weighted by Gasteiger charge is 2.17. The zero-order chi connectivity index (χ0) is 15.8. The van der Waals surface area contributed by atoms with Crippen molar-refractivity contribution in [3.8, 4) is 5.75 Å². The van der Waals surface area contributed by atoms with E-state index in [0.29, 0.717) is 18.2 Å². The van der Waals surface area contributed by atoms with Crippen LogP contribution in [-0.4, -0.2) is 19.1 Å². The molecule has 22 heavy (non-hydrogen) atoms. The maximum absolute atomic E-state index is 12.2. The second-order valence-corrected chi connectivity index (χ2v) is 5.40. The van der Waals surface area contributed by atoms with Crippen LogP contribution in [0.2, 0.25) is 5.02 Å². The molecule has 0 spiro atoms. The third-order valence-corrected chi connectivity index (χ3v) is 3.66. The SMILES string of the molecule is CCC(C(=O)NCCOc1ccc(Cl)cc1)c1ccccc1. The van der Waals surface area contributed by atoms with Crippen molar-refractivity contribution in [1.82, 2.24) is 5.32 Å². The summed E-state index contributed by atoms with van der Waals surface area (Å²) in [6.07, 6.45) is 0.772. The molecule has 0 aromatic heterocycles. The van der Waals surface area contributed by atoms with Gasteiger partial charge in [0, 0.05) is 5.02 Å². The number of hydrogen-bond acceptors (Lipinski definition) is 2. The summed E-state index contributed by atoms with van der Waals surface area (Å²) in [5, 5.41) is 3.60. The molecule has 1 amide bonds. The van der Waals surface area contributed by atoms with Gasteiger partial charge >= 0.3 is 0 Å². The summed E-state index contributed by atoms with van der Waals surface area (Å²) in [5.74, 6) is 0.666. The Morgan fingerprint density at radius 3 is 2.45 bits per heavy atom. The molecule has 1 unspecified atom stereocenters. The van der Waals surface area contributed by atoms with Gasteiger partial charge in [0.1, 0.15) is 12.4 Å². The van der Waals surface area contributed by atoms with Gasteiger partial charge in [0.05, 0.1) is 12.5 Å². The van der Waals surface area contributed by atoms with Crippen LogP contribution in [0.5, 0.6) is 5.75 Å². The molecular formula is C18H20ClNO2. The van der Waals surface area contributed by atoms with Crippen LogP contribution in [0.15, 0.2) is 54.6 Å². The van der Waals surface area contributed by atoms with Crippen molar-refractivity contribution in [2.75, 3.05) is 13.2 Å². The molecule has 0 bridgehead atoms. The lowest BCUT2D eigenvalue weighted by Gasteiger charge is -2.15. The fourth-order valence-electron chi connectivity index (χ4n) is 2.25. The molecule has 2 aromatic rings. The smallest absolute Gasteiger partial charge is 0.227 e. The highest BCUT2D eigenvalue weighted by atomic mass is 35.5. The van der Waals surface area contributed by atoms with Gasteiger partial charge in [-0.2, -0.15) is 0 Å². The van der Waals surface area contributed by atoms with Crippen molar-refractivity contribution in [1.29, 1.82) is 0 Å². The highest BCUT2D eigenvalue weighted by molar-refractivity contribution is 6.30. The van der Waals surface area contributed by atoms with E-state index in [1.165, 1.54) is 0 Å². The summed E-state index contributed by atoms with van der Waals surface area (Å²) in [7, 11) is 0. The molecule has 3 nitrogen and oxygen atoms in total. The summed E-state index contributed by atoms with van der Waals surface area (Å²) in [4.78, 5) is 12.2. The van der Waals surface area contributed by atoms with Crippen molar-refractivity contribution >= 4 is 17.5 Å². The van der Waals surface area contributed by atoms with Crippen molar-refractivity contribution in [3.63, 3.8) is 0 Å². The van der Waals surface area contributed by atoms with Crippen molar-refractivity contribution in [3.05, 3.63) is 65.2 Å². The van der Waals surface area contributed by atoms with Crippen molar-refractivity contribution < 1.29 is 9.53 Å². The van der Waals surface area contributed by atoms with Gasteiger partial charge in [0.25, 0.3) is 0 Å². The van der Waals surface area contributed by atoms with Gasteiger partial charge in [-0.3, -0.25) is 4.79 Å². The summed E-state index contributed by atoms with van der Waals surface area (Å²) >= 11 is 5.81. The number of carbonyl (C=O) groups excluding carboxylic acids is 1. The third kappa shape index (κ3) is 4.78. The van der Waals surface area contributed by atoms with E-state index in [2.05, 4.69) is 5.32 Å². The number of hydrogen-bond donors (Lipinski definition) is 1. The molecule has 0 heterocycles. The van der Waals surface area contributed by atoms with Crippen molar-refractivity contribution in [2.24, 2.45) is 0 Å². The number of halogens is 1. The van der Waals surface area contributed by atoms with Crippen LogP contribution in [0.1, 0.15) is 24.8 Å². The first kappa shape index (κ1) is 16.4. The first-order valence-electron chi connectivity index (χ1n) is 7.41. The Labute approximate surface area is 136 Å². The monoisotopic (exact) mass is 317 g/mol. The quantitative estimate of drug-likeness (QED) is 0.783. The Balaban J connectivity index is 1.78. The number of amides is 1. The molecule has 0 radical (unpaired) electrons. The second-order valence-electron chi connectivity index (χ2n) is 4.96. The minimum Gasteiger partial charge on any atom is -0.492 e. The molecular weight excluding hydrogens is 298 g/mol. The Morgan fingerprint density at radius 1 is 1.14 bits per heavy atom. The molecule has 0 aliphatic carbocycles. The predicted octanol–water partition coefficient (Wildman–Crippen LogP) is 4.03. The number of ether oxygens (including phenoxy) is 1. The number of nitrogens with one attached hydrogen (secondary N) is 1. The summed E-state index contributed by atoms with van der Waals surface area (Å²) < 4.78 is 5.56. The van der Waals surface area contributed by atoms with Crippen LogP contribution in [0.4, 0.5) is 0 Å². The van der Waals surface area contributed by atoms with Gasteiger partial charge in [-0.1, -0.05) is 48.9 Å². The van der Waals surface area contributed by atoms with Gasteiger partial charge < -0.3 is 10.1 Å². The van der Waals surface area contributed by atoms with E-state index in [-0.39, 0.29) is 11.8 Å². The fraction of sp³-hybridized carbons (Fsp3) is 0.278. The maximum Gasteiger partial charge on any atom is 0.227 e. The molecule has 1 N–H and O–H groups in total. The first-order valence-corrected chi connectivity index (χ1v) is 7.79. The largest absolute Gasteiger partial charge is 0.492 e. The van der Waals surface area contributed by atoms with E-state index in [0.717, 1.165) is 17.7 Å². The van der Waals surface area contributed by atoms with Gasteiger partial charge in [-0.05, 0) is 36.2 Å². The van der Waals surface area contributed by atoms with Gasteiger partial charge in [0.15, 0.2) is 0 Å². The molecule has 0 aliphatic rings. The van der Waals surface area contributed by atoms with Crippen LogP contribution in [-0.2, 0) is 4.79 Å². The standard InChI is InChI=1S/C18H20ClNO2/c1-2-17(14-6-4-3-5-7-14)18(21)20-12-13-22-16-10-8-15(19)9-11-16/h3-11,17H,2,12-13H2,1H3,(H,20,21). The van der Waals surface area contributed by atoms with Gasteiger partial charge in [-0.25, -0.2) is 0 Å². The first-order chi connectivity index (χ1) is 10.7. The van der Waals surface area contributed by atoms with E-state index in [1.807, 2.05) is 49.4 Å². The van der Waals surface area contributed by atoms with Crippen LogP contribution < -0.4 is 10.1 Å². The average Bonchev–Trinajstić information content (AvgIpc) is 2.55. The Kier molecular flexibility index (Phi) is 6.28. The average molecular weight is 318 g/mol. The lowest BCUT2D eigenvalue weighted by atomic mass is 9.96. The van der Waals surface area contributed by atoms with Crippen LogP contribution in [0.3, 0.4) is 0 Å². The normalized spacial score (nSPS) is 11.7. The lowest BCUT2D eigenvalue weighted by Crippen LogP contribution is -2.32. The lowest BCUT2D eigenvalue weighted by molar-refractivity contribution is -0.122. The van der Waals surface area contributed by atoms with Crippen molar-refractivity contribution in [2.45, 2.75) is 19.3 Å². The summed E-state index contributed by atoms with van der Waals surface area (Å²) in [5.41, 5.74) is 1.04. The van der Waals surface area contributed by atoms with Crippen LogP contribution >= 0.6 is 11.6 Å². The maximum atomic E-state index is 12.2. The van der Waals surface area contributed by atoms with Crippen LogP contribution in [0, 0.1) is 0 Å². The Hall–Kier alpha value is -2.00. The van der Waals surface area contributed by atoms with E-state index in [4.69, 9.17) is 16.3 Å². The molecule has 2 aromatic carbocycles. The predicted molar refractivity (Wildman–Crippen MR) is 89.4 cm³/mol. The van der Waals surface area contributed by atoms with E-state index in [1.54, 1.807) is 12.1 Å². The Bertz CT molecular complexity index is 584. The topological polar surface area (TPSA) is 38.3 Å². The van der Waals surface area contributed by atoms with Gasteiger partial charge in [-0.15, -0.1) is 0 Å². The number of carbonyl (C=O) groups is 1. The molecule has 116 valence electrons. The minimum absolute atomic E-state index is 0.0356. The summed E-state index contributed by atoms with van der Waals surface area (Å²) in [6.45, 7) is 2.92. The minimum atomic E-state index is -0.114. The second kappa shape index (κ2) is 8.44. The molecule has 2 rings (SSSR count). The van der Waals surface area contributed by atoms with E-state index >= 15 is 0 Å². The molecule has 1 atom stereocenters. The van der Waals surface area contributed by atoms with Gasteiger partial charge in [0.2, 0.25) is 5.91 Å².